The van der Waals surface area contributed by atoms with Crippen LogP contribution in [-0.4, -0.2) is 36.6 Å². The fraction of sp³-hybridized carbons (Fsp3) is 0.219. The van der Waals surface area contributed by atoms with Crippen LogP contribution in [0, 0.1) is 15.9 Å². The Kier molecular flexibility index (Phi) is 9.28. The number of aromatic nitrogens is 5. The van der Waals surface area contributed by atoms with Gasteiger partial charge < -0.3 is 24.3 Å². The number of nitrogens with zero attached hydrogens (tertiary/aromatic N) is 6. The first-order chi connectivity index (χ1) is 21.6. The fourth-order valence-corrected chi connectivity index (χ4v) is 5.09. The van der Waals surface area contributed by atoms with Crippen LogP contribution in [0.4, 0.5) is 10.2 Å². The number of nitro groups is 1. The molecule has 5 rings (SSSR count). The highest BCUT2D eigenvalue weighted by molar-refractivity contribution is 9.10. The molecule has 2 aromatic carbocycles. The van der Waals surface area contributed by atoms with Crippen LogP contribution in [0.15, 0.2) is 78.2 Å². The Labute approximate surface area is 267 Å². The van der Waals surface area contributed by atoms with Crippen LogP contribution in [0.1, 0.15) is 42.2 Å². The fourth-order valence-electron chi connectivity index (χ4n) is 4.78. The Morgan fingerprint density at radius 1 is 1.13 bits per heavy atom. The lowest BCUT2D eigenvalue weighted by Gasteiger charge is -2.18. The monoisotopic (exact) mass is 676 g/mol. The molecule has 3 aromatic heterocycles. The zero-order valence-corrected chi connectivity index (χ0v) is 26.6. The number of methoxy groups -OCH3 is 1. The molecule has 0 spiro atoms. The van der Waals surface area contributed by atoms with Crippen LogP contribution >= 0.6 is 15.9 Å². The minimum Gasteiger partial charge on any atom is -0.497 e. The molecular weight excluding hydrogens is 647 g/mol. The molecule has 0 amide bonds. The van der Waals surface area contributed by atoms with Gasteiger partial charge in [-0.2, -0.15) is 5.10 Å². The quantitative estimate of drug-likeness (QED) is 0.0998. The summed E-state index contributed by atoms with van der Waals surface area (Å²) in [6.07, 6.45) is 4.17. The van der Waals surface area contributed by atoms with Gasteiger partial charge in [0.2, 0.25) is 11.6 Å². The van der Waals surface area contributed by atoms with E-state index >= 15 is 0 Å². The Hall–Kier alpha value is -5.04. The summed E-state index contributed by atoms with van der Waals surface area (Å²) in [4.78, 5) is 14.8. The van der Waals surface area contributed by atoms with E-state index in [2.05, 4.69) is 32.6 Å². The molecule has 0 fully saturated rings. The number of rotatable bonds is 12. The second-order valence-electron chi connectivity index (χ2n) is 10.1. The molecule has 0 unspecified atom stereocenters. The van der Waals surface area contributed by atoms with E-state index in [4.69, 9.17) is 19.3 Å². The van der Waals surface area contributed by atoms with E-state index < -0.39 is 22.7 Å². The summed E-state index contributed by atoms with van der Waals surface area (Å²) in [5, 5.41) is 20.9. The molecule has 0 aliphatic rings. The van der Waals surface area contributed by atoms with Crippen LogP contribution in [0.5, 0.6) is 17.4 Å². The smallest absolute Gasteiger partial charge is 0.406 e. The van der Waals surface area contributed by atoms with Crippen molar-refractivity contribution in [2.45, 2.75) is 33.1 Å². The molecule has 13 heteroatoms. The Bertz CT molecular complexity index is 1870. The number of hydrogen-bond acceptors (Lipinski definition) is 8. The second kappa shape index (κ2) is 13.3. The third kappa shape index (κ3) is 6.88. The van der Waals surface area contributed by atoms with Crippen LogP contribution < -0.4 is 14.2 Å². The molecule has 5 aromatic rings. The Morgan fingerprint density at radius 3 is 2.58 bits per heavy atom. The third-order valence-electron chi connectivity index (χ3n) is 7.05. The van der Waals surface area contributed by atoms with Gasteiger partial charge in [0.05, 0.1) is 17.1 Å². The van der Waals surface area contributed by atoms with E-state index in [9.17, 15) is 14.5 Å². The molecular formula is C32H30BrFN6O5. The van der Waals surface area contributed by atoms with Gasteiger partial charge >= 0.3 is 5.82 Å². The predicted molar refractivity (Wildman–Crippen MR) is 170 cm³/mol. The van der Waals surface area contributed by atoms with Crippen molar-refractivity contribution < 1.29 is 23.5 Å². The van der Waals surface area contributed by atoms with Crippen molar-refractivity contribution in [1.82, 2.24) is 24.5 Å². The van der Waals surface area contributed by atoms with E-state index in [1.807, 2.05) is 43.6 Å². The van der Waals surface area contributed by atoms with Gasteiger partial charge in [-0.05, 0) is 81.2 Å². The van der Waals surface area contributed by atoms with E-state index in [0.717, 1.165) is 11.3 Å². The average molecular weight is 678 g/mol. The molecule has 1 atom stereocenters. The van der Waals surface area contributed by atoms with Gasteiger partial charge in [0.15, 0.2) is 6.20 Å². The number of ether oxygens (including phenoxy) is 3. The molecule has 3 heterocycles. The molecule has 11 nitrogen and oxygen atoms in total. The van der Waals surface area contributed by atoms with Crippen molar-refractivity contribution in [3.8, 4) is 28.6 Å². The summed E-state index contributed by atoms with van der Waals surface area (Å²) in [7, 11) is 3.39. The summed E-state index contributed by atoms with van der Waals surface area (Å²) in [6, 6.07) is 13.3. The normalized spacial score (nSPS) is 11.7. The molecule has 0 saturated carbocycles. The van der Waals surface area contributed by atoms with Crippen molar-refractivity contribution in [2.24, 2.45) is 7.05 Å². The Morgan fingerprint density at radius 2 is 1.89 bits per heavy atom. The number of pyridine rings is 1. The minimum absolute atomic E-state index is 0.0617. The molecule has 0 aliphatic carbocycles. The Balaban J connectivity index is 1.50. The molecule has 0 saturated heterocycles. The molecule has 0 radical (unpaired) electrons. The van der Waals surface area contributed by atoms with Gasteiger partial charge in [-0.3, -0.25) is 9.36 Å². The van der Waals surface area contributed by atoms with Gasteiger partial charge in [0, 0.05) is 48.7 Å². The predicted octanol–water partition coefficient (Wildman–Crippen LogP) is 7.30. The number of benzene rings is 2. The van der Waals surface area contributed by atoms with Crippen LogP contribution in [0.2, 0.25) is 0 Å². The number of halogens is 2. The summed E-state index contributed by atoms with van der Waals surface area (Å²) < 4.78 is 36.0. The molecule has 0 bridgehead atoms. The topological polar surface area (TPSA) is 119 Å². The number of aryl methyl sites for hydroxylation is 2. The largest absolute Gasteiger partial charge is 0.497 e. The van der Waals surface area contributed by atoms with Gasteiger partial charge in [0.1, 0.15) is 30.0 Å². The van der Waals surface area contributed by atoms with Crippen molar-refractivity contribution in [3.63, 3.8) is 0 Å². The van der Waals surface area contributed by atoms with Gasteiger partial charge in [-0.1, -0.05) is 18.7 Å². The number of hydrogen-bond donors (Lipinski definition) is 0. The zero-order chi connectivity index (χ0) is 32.2. The third-order valence-corrected chi connectivity index (χ3v) is 7.48. The van der Waals surface area contributed by atoms with E-state index in [0.29, 0.717) is 50.4 Å². The first-order valence-corrected chi connectivity index (χ1v) is 14.7. The highest BCUT2D eigenvalue weighted by atomic mass is 79.9. The SMILES string of the molecule is C=C(c1cn(CC)nc1OCc1ccc(OC)cc1)c1cn(C)nc1-c1ccc(F)cc1[C@@H](C)Oc1cc(Br)cnc1[N+](=O)[O-]. The van der Waals surface area contributed by atoms with Crippen molar-refractivity contribution >= 4 is 27.3 Å². The summed E-state index contributed by atoms with van der Waals surface area (Å²) >= 11 is 3.28. The zero-order valence-electron chi connectivity index (χ0n) is 25.0. The lowest BCUT2D eigenvalue weighted by atomic mass is 9.94. The summed E-state index contributed by atoms with van der Waals surface area (Å²) in [5.41, 5.74) is 4.37. The standard InChI is InChI=1S/C32H30BrFN6O5/c1-6-39-17-28(32(37-39)44-18-21-7-10-24(43-5)11-8-21)19(2)27-16-38(4)36-30(27)25-12-9-23(34)14-26(25)20(3)45-29-13-22(33)15-35-31(29)40(41)42/h7-17,20H,2,6,18H2,1,3-5H3/t20-/m1/s1. The highest BCUT2D eigenvalue weighted by Gasteiger charge is 2.26. The summed E-state index contributed by atoms with van der Waals surface area (Å²) in [6.45, 7) is 8.92. The second-order valence-corrected chi connectivity index (χ2v) is 11.0. The minimum atomic E-state index is -0.820. The van der Waals surface area contributed by atoms with Crippen molar-refractivity contribution in [2.75, 3.05) is 7.11 Å². The van der Waals surface area contributed by atoms with Crippen LogP contribution in [0.3, 0.4) is 0 Å². The van der Waals surface area contributed by atoms with Crippen molar-refractivity contribution in [1.29, 1.82) is 0 Å². The maximum Gasteiger partial charge on any atom is 0.406 e. The average Bonchev–Trinajstić information content (AvgIpc) is 3.63. The lowest BCUT2D eigenvalue weighted by Crippen LogP contribution is -2.08. The van der Waals surface area contributed by atoms with Gasteiger partial charge in [-0.15, -0.1) is 5.10 Å². The highest BCUT2D eigenvalue weighted by Crippen LogP contribution is 2.39. The van der Waals surface area contributed by atoms with E-state index in [1.54, 1.807) is 36.5 Å². The van der Waals surface area contributed by atoms with E-state index in [-0.39, 0.29) is 12.4 Å². The lowest BCUT2D eigenvalue weighted by molar-refractivity contribution is -0.390. The summed E-state index contributed by atoms with van der Waals surface area (Å²) in [5.74, 6) is 0.135. The van der Waals surface area contributed by atoms with Crippen LogP contribution in [0.25, 0.3) is 16.8 Å². The molecule has 0 aliphatic heterocycles. The molecule has 0 N–H and O–H groups in total. The molecule has 45 heavy (non-hydrogen) atoms. The van der Waals surface area contributed by atoms with Gasteiger partial charge in [-0.25, -0.2) is 4.39 Å². The van der Waals surface area contributed by atoms with Gasteiger partial charge in [0.25, 0.3) is 0 Å². The van der Waals surface area contributed by atoms with E-state index in [1.165, 1.54) is 24.4 Å². The first-order valence-electron chi connectivity index (χ1n) is 13.9. The van der Waals surface area contributed by atoms with Crippen molar-refractivity contribution in [3.05, 3.63) is 116 Å². The maximum absolute atomic E-state index is 14.7. The maximum atomic E-state index is 14.7. The first kappa shape index (κ1) is 31.4. The molecule has 232 valence electrons. The van der Waals surface area contributed by atoms with Crippen LogP contribution in [-0.2, 0) is 20.2 Å².